The molecular formula is C13H14N4O4. The molecule has 0 unspecified atom stereocenters. The molecule has 0 fully saturated rings. The van der Waals surface area contributed by atoms with Gasteiger partial charge in [-0.2, -0.15) is 0 Å². The number of benzene rings is 1. The number of nitrogens with zero attached hydrogens (tertiary/aromatic N) is 2. The van der Waals surface area contributed by atoms with E-state index in [4.69, 9.17) is 4.52 Å². The molecule has 0 saturated heterocycles. The molecule has 2 N–H and O–H groups in total. The molecule has 1 aromatic heterocycles. The minimum atomic E-state index is -0.483. The second-order valence-electron chi connectivity index (χ2n) is 4.48. The lowest BCUT2D eigenvalue weighted by Gasteiger charge is -2.08. The van der Waals surface area contributed by atoms with E-state index in [1.165, 1.54) is 12.1 Å². The van der Waals surface area contributed by atoms with Crippen LogP contribution in [-0.4, -0.2) is 22.5 Å². The maximum Gasteiger partial charge on any atom is 0.271 e. The Hall–Kier alpha value is -2.90. The average Bonchev–Trinajstić information content (AvgIpc) is 2.82. The fourth-order valence-electron chi connectivity index (χ4n) is 1.70. The van der Waals surface area contributed by atoms with Crippen LogP contribution in [0, 0.1) is 24.0 Å². The van der Waals surface area contributed by atoms with Crippen LogP contribution < -0.4 is 10.6 Å². The molecule has 0 atom stereocenters. The van der Waals surface area contributed by atoms with Crippen LogP contribution in [0.25, 0.3) is 0 Å². The number of anilines is 2. The molecule has 0 spiro atoms. The number of hydrogen-bond donors (Lipinski definition) is 2. The summed E-state index contributed by atoms with van der Waals surface area (Å²) in [4.78, 5) is 22.0. The van der Waals surface area contributed by atoms with E-state index in [0.717, 1.165) is 5.56 Å². The number of aromatic nitrogens is 1. The molecule has 1 aromatic carbocycles. The average molecular weight is 290 g/mol. The molecule has 1 amide bonds. The second kappa shape index (κ2) is 6.04. The zero-order valence-corrected chi connectivity index (χ0v) is 11.5. The maximum atomic E-state index is 11.7. The van der Waals surface area contributed by atoms with Gasteiger partial charge in [0.25, 0.3) is 5.69 Å². The van der Waals surface area contributed by atoms with Crippen molar-refractivity contribution >= 4 is 23.1 Å². The van der Waals surface area contributed by atoms with E-state index in [1.54, 1.807) is 26.0 Å². The molecule has 2 aromatic rings. The Labute approximate surface area is 120 Å². The summed E-state index contributed by atoms with van der Waals surface area (Å²) in [6.07, 6.45) is 0. The van der Waals surface area contributed by atoms with E-state index in [2.05, 4.69) is 15.8 Å². The highest BCUT2D eigenvalue weighted by atomic mass is 16.6. The van der Waals surface area contributed by atoms with Gasteiger partial charge in [0.15, 0.2) is 5.82 Å². The summed E-state index contributed by atoms with van der Waals surface area (Å²) in [5, 5.41) is 19.8. The van der Waals surface area contributed by atoms with Gasteiger partial charge in [-0.1, -0.05) is 11.2 Å². The number of nitrogens with one attached hydrogen (secondary N) is 2. The van der Waals surface area contributed by atoms with Gasteiger partial charge in [0.2, 0.25) is 5.91 Å². The highest BCUT2D eigenvalue weighted by Gasteiger charge is 2.10. The largest absolute Gasteiger partial charge is 0.376 e. The number of nitro benzene ring substituents is 1. The van der Waals surface area contributed by atoms with Crippen molar-refractivity contribution in [3.8, 4) is 0 Å². The molecule has 0 aliphatic rings. The molecule has 21 heavy (non-hydrogen) atoms. The molecule has 2 rings (SSSR count). The smallest absolute Gasteiger partial charge is 0.271 e. The van der Waals surface area contributed by atoms with Gasteiger partial charge in [-0.15, -0.1) is 0 Å². The van der Waals surface area contributed by atoms with Crippen molar-refractivity contribution in [2.45, 2.75) is 13.8 Å². The van der Waals surface area contributed by atoms with Crippen LogP contribution in [0.3, 0.4) is 0 Å². The van der Waals surface area contributed by atoms with Gasteiger partial charge in [-0.3, -0.25) is 14.9 Å². The van der Waals surface area contributed by atoms with Gasteiger partial charge < -0.3 is 15.2 Å². The van der Waals surface area contributed by atoms with Gasteiger partial charge in [0.05, 0.1) is 11.5 Å². The van der Waals surface area contributed by atoms with E-state index in [9.17, 15) is 14.9 Å². The maximum absolute atomic E-state index is 11.7. The van der Waals surface area contributed by atoms with Crippen molar-refractivity contribution in [2.24, 2.45) is 0 Å². The third-order valence-electron chi connectivity index (χ3n) is 2.77. The quantitative estimate of drug-likeness (QED) is 0.645. The first-order valence-corrected chi connectivity index (χ1v) is 6.18. The van der Waals surface area contributed by atoms with Crippen molar-refractivity contribution in [3.05, 3.63) is 45.7 Å². The minimum absolute atomic E-state index is 0.0318. The monoisotopic (exact) mass is 290 g/mol. The number of rotatable bonds is 5. The van der Waals surface area contributed by atoms with Crippen LogP contribution in [0.1, 0.15) is 11.3 Å². The van der Waals surface area contributed by atoms with E-state index >= 15 is 0 Å². The van der Waals surface area contributed by atoms with Crippen molar-refractivity contribution in [2.75, 3.05) is 17.2 Å². The molecule has 0 radical (unpaired) electrons. The SMILES string of the molecule is Cc1cc(NC(=O)CNc2cc([N+](=O)[O-])ccc2C)no1. The van der Waals surface area contributed by atoms with Crippen LogP contribution in [0.4, 0.5) is 17.2 Å². The first-order chi connectivity index (χ1) is 9.95. The van der Waals surface area contributed by atoms with Crippen LogP contribution >= 0.6 is 0 Å². The van der Waals surface area contributed by atoms with Crippen molar-refractivity contribution < 1.29 is 14.2 Å². The fraction of sp³-hybridized carbons (Fsp3) is 0.231. The number of non-ortho nitro benzene ring substituents is 1. The summed E-state index contributed by atoms with van der Waals surface area (Å²) in [6.45, 7) is 3.48. The first kappa shape index (κ1) is 14.5. The van der Waals surface area contributed by atoms with E-state index in [-0.39, 0.29) is 18.1 Å². The van der Waals surface area contributed by atoms with Crippen molar-refractivity contribution in [1.82, 2.24) is 5.16 Å². The first-order valence-electron chi connectivity index (χ1n) is 6.18. The minimum Gasteiger partial charge on any atom is -0.376 e. The molecule has 0 bridgehead atoms. The Morgan fingerprint density at radius 2 is 2.14 bits per heavy atom. The van der Waals surface area contributed by atoms with E-state index < -0.39 is 4.92 Å². The summed E-state index contributed by atoms with van der Waals surface area (Å²) in [5.41, 5.74) is 1.32. The molecule has 0 aliphatic carbocycles. The Bertz CT molecular complexity index is 681. The third kappa shape index (κ3) is 3.78. The molecule has 1 heterocycles. The van der Waals surface area contributed by atoms with E-state index in [1.807, 2.05) is 0 Å². The summed E-state index contributed by atoms with van der Waals surface area (Å²) >= 11 is 0. The van der Waals surface area contributed by atoms with Gasteiger partial charge in [0, 0.05) is 23.9 Å². The lowest BCUT2D eigenvalue weighted by molar-refractivity contribution is -0.384. The van der Waals surface area contributed by atoms with Crippen LogP contribution in [0.2, 0.25) is 0 Å². The molecular weight excluding hydrogens is 276 g/mol. The predicted octanol–water partition coefficient (Wildman–Crippen LogP) is 2.25. The Kier molecular flexibility index (Phi) is 4.17. The third-order valence-corrected chi connectivity index (χ3v) is 2.77. The number of carbonyl (C=O) groups is 1. The standard InChI is InChI=1S/C13H14N4O4/c1-8-3-4-10(17(19)20)6-11(8)14-7-13(18)15-12-5-9(2)21-16-12/h3-6,14H,7H2,1-2H3,(H,15,16,18). The Morgan fingerprint density at radius 3 is 2.76 bits per heavy atom. The number of nitro groups is 1. The van der Waals surface area contributed by atoms with Crippen molar-refractivity contribution in [1.29, 1.82) is 0 Å². The number of carbonyl (C=O) groups excluding carboxylic acids is 1. The molecule has 0 saturated carbocycles. The number of amides is 1. The summed E-state index contributed by atoms with van der Waals surface area (Å²) < 4.78 is 4.83. The summed E-state index contributed by atoms with van der Waals surface area (Å²) in [5.74, 6) is 0.594. The van der Waals surface area contributed by atoms with Crippen LogP contribution in [-0.2, 0) is 4.79 Å². The molecule has 8 heteroatoms. The number of aryl methyl sites for hydroxylation is 2. The Balaban J connectivity index is 1.97. The summed E-state index contributed by atoms with van der Waals surface area (Å²) in [7, 11) is 0. The molecule has 0 aliphatic heterocycles. The normalized spacial score (nSPS) is 10.2. The van der Waals surface area contributed by atoms with Crippen LogP contribution in [0.5, 0.6) is 0 Å². The highest BCUT2D eigenvalue weighted by Crippen LogP contribution is 2.21. The molecule has 110 valence electrons. The van der Waals surface area contributed by atoms with Gasteiger partial charge in [0.1, 0.15) is 5.76 Å². The zero-order chi connectivity index (χ0) is 15.4. The van der Waals surface area contributed by atoms with Crippen LogP contribution in [0.15, 0.2) is 28.8 Å². The highest BCUT2D eigenvalue weighted by molar-refractivity contribution is 5.93. The predicted molar refractivity (Wildman–Crippen MR) is 76.2 cm³/mol. The zero-order valence-electron chi connectivity index (χ0n) is 11.5. The van der Waals surface area contributed by atoms with Crippen molar-refractivity contribution in [3.63, 3.8) is 0 Å². The van der Waals surface area contributed by atoms with Gasteiger partial charge in [-0.05, 0) is 19.4 Å². The van der Waals surface area contributed by atoms with Gasteiger partial charge >= 0.3 is 0 Å². The number of hydrogen-bond acceptors (Lipinski definition) is 6. The van der Waals surface area contributed by atoms with Gasteiger partial charge in [-0.25, -0.2) is 0 Å². The fourth-order valence-corrected chi connectivity index (χ4v) is 1.70. The Morgan fingerprint density at radius 1 is 1.38 bits per heavy atom. The lowest BCUT2D eigenvalue weighted by atomic mass is 10.2. The second-order valence-corrected chi connectivity index (χ2v) is 4.48. The lowest BCUT2D eigenvalue weighted by Crippen LogP contribution is -2.22. The van der Waals surface area contributed by atoms with E-state index in [0.29, 0.717) is 17.3 Å². The summed E-state index contributed by atoms with van der Waals surface area (Å²) in [6, 6.07) is 6.03. The molecule has 8 nitrogen and oxygen atoms in total. The topological polar surface area (TPSA) is 110 Å².